The summed E-state index contributed by atoms with van der Waals surface area (Å²) in [5, 5.41) is 11.0. The molecule has 10 heteroatoms. The average Bonchev–Trinajstić information content (AvgIpc) is 2.89. The zero-order valence-electron chi connectivity index (χ0n) is 10.3. The molecule has 0 aliphatic carbocycles. The molecular weight excluding hydrogens is 300 g/mol. The number of H-pyrrole nitrogens is 1. The lowest BCUT2D eigenvalue weighted by Gasteiger charge is -2.07. The van der Waals surface area contributed by atoms with E-state index in [1.54, 1.807) is 0 Å². The second-order valence-corrected chi connectivity index (χ2v) is 4.37. The van der Waals surface area contributed by atoms with Crippen molar-refractivity contribution >= 4 is 34.4 Å². The summed E-state index contributed by atoms with van der Waals surface area (Å²) in [7, 11) is 0. The largest absolute Gasteiger partial charge is 0.435 e. The van der Waals surface area contributed by atoms with Crippen LogP contribution in [0.15, 0.2) is 24.5 Å². The van der Waals surface area contributed by atoms with Gasteiger partial charge >= 0.3 is 0 Å². The molecule has 0 atom stereocenters. The molecule has 0 unspecified atom stereocenters. The van der Waals surface area contributed by atoms with Crippen molar-refractivity contribution in [3.63, 3.8) is 0 Å². The Kier molecular flexibility index (Phi) is 3.03. The van der Waals surface area contributed by atoms with Crippen LogP contribution >= 0.6 is 11.6 Å². The molecule has 0 aliphatic rings. The fraction of sp³-hybridized carbons (Fsp3) is 0. The van der Waals surface area contributed by atoms with Gasteiger partial charge in [-0.3, -0.25) is 10.1 Å². The van der Waals surface area contributed by atoms with Crippen molar-refractivity contribution in [2.24, 2.45) is 0 Å². The van der Waals surface area contributed by atoms with Crippen molar-refractivity contribution in [2.45, 2.75) is 0 Å². The molecule has 3 N–H and O–H groups in total. The van der Waals surface area contributed by atoms with E-state index >= 15 is 0 Å². The second kappa shape index (κ2) is 4.87. The summed E-state index contributed by atoms with van der Waals surface area (Å²) in [4.78, 5) is 24.8. The van der Waals surface area contributed by atoms with Crippen LogP contribution in [0.25, 0.3) is 11.2 Å². The standard InChI is InChI=1S/C11H7ClN6O3/c12-6-2-1-5(18(19)20)3-7(6)21-10-8-9(15-4-14-8)16-11(13)17-10/h1-4H,(H3,13,14,15,16,17). The van der Waals surface area contributed by atoms with E-state index in [2.05, 4.69) is 19.9 Å². The Morgan fingerprint density at radius 2 is 2.19 bits per heavy atom. The van der Waals surface area contributed by atoms with Gasteiger partial charge < -0.3 is 15.5 Å². The molecule has 3 aromatic rings. The van der Waals surface area contributed by atoms with Crippen LogP contribution in [0.4, 0.5) is 11.6 Å². The summed E-state index contributed by atoms with van der Waals surface area (Å²) in [5.41, 5.74) is 6.13. The number of benzene rings is 1. The first-order valence-corrected chi connectivity index (χ1v) is 6.01. The van der Waals surface area contributed by atoms with Gasteiger partial charge in [0, 0.05) is 6.07 Å². The number of halogens is 1. The molecule has 0 saturated carbocycles. The Bertz CT molecular complexity index is 849. The van der Waals surface area contributed by atoms with Gasteiger partial charge in [0.25, 0.3) is 11.6 Å². The van der Waals surface area contributed by atoms with Gasteiger partial charge in [-0.05, 0) is 6.07 Å². The molecule has 9 nitrogen and oxygen atoms in total. The number of rotatable bonds is 3. The van der Waals surface area contributed by atoms with Gasteiger partial charge in [0.15, 0.2) is 11.4 Å². The minimum Gasteiger partial charge on any atom is -0.435 e. The number of imidazole rings is 1. The lowest BCUT2D eigenvalue weighted by atomic mass is 10.3. The first kappa shape index (κ1) is 13.1. The van der Waals surface area contributed by atoms with Gasteiger partial charge in [-0.2, -0.15) is 9.97 Å². The van der Waals surface area contributed by atoms with Crippen LogP contribution in [0.5, 0.6) is 11.6 Å². The highest BCUT2D eigenvalue weighted by Crippen LogP contribution is 2.34. The predicted octanol–water partition coefficient (Wildman–Crippen LogP) is 2.29. The minimum atomic E-state index is -0.552. The molecule has 0 spiro atoms. The number of aromatic amines is 1. The van der Waals surface area contributed by atoms with Crippen molar-refractivity contribution in [3.05, 3.63) is 39.7 Å². The number of nitrogen functional groups attached to an aromatic ring is 1. The van der Waals surface area contributed by atoms with E-state index in [0.29, 0.717) is 11.2 Å². The van der Waals surface area contributed by atoms with Crippen LogP contribution < -0.4 is 10.5 Å². The van der Waals surface area contributed by atoms with Crippen molar-refractivity contribution in [1.82, 2.24) is 19.9 Å². The van der Waals surface area contributed by atoms with Crippen LogP contribution in [0.1, 0.15) is 0 Å². The molecular formula is C11H7ClN6O3. The summed E-state index contributed by atoms with van der Waals surface area (Å²) in [6, 6.07) is 3.84. The maximum atomic E-state index is 10.8. The number of aromatic nitrogens is 4. The van der Waals surface area contributed by atoms with Gasteiger partial charge in [0.05, 0.1) is 22.3 Å². The Hall–Kier alpha value is -2.94. The molecule has 0 fully saturated rings. The Balaban J connectivity index is 2.08. The summed E-state index contributed by atoms with van der Waals surface area (Å²) in [5.74, 6) is 0.128. The highest BCUT2D eigenvalue weighted by molar-refractivity contribution is 6.32. The summed E-state index contributed by atoms with van der Waals surface area (Å²) >= 11 is 5.97. The summed E-state index contributed by atoms with van der Waals surface area (Å²) in [6.45, 7) is 0. The number of nitrogens with zero attached hydrogens (tertiary/aromatic N) is 4. The third kappa shape index (κ3) is 2.41. The molecule has 21 heavy (non-hydrogen) atoms. The molecule has 0 bridgehead atoms. The van der Waals surface area contributed by atoms with Gasteiger partial charge in [0.1, 0.15) is 5.52 Å². The number of ether oxygens (including phenoxy) is 1. The van der Waals surface area contributed by atoms with Crippen LogP contribution in [0.3, 0.4) is 0 Å². The maximum Gasteiger partial charge on any atom is 0.273 e. The number of anilines is 1. The minimum absolute atomic E-state index is 0.0360. The highest BCUT2D eigenvalue weighted by atomic mass is 35.5. The molecule has 2 heterocycles. The third-order valence-electron chi connectivity index (χ3n) is 2.60. The summed E-state index contributed by atoms with van der Waals surface area (Å²) in [6.07, 6.45) is 1.40. The molecule has 0 aliphatic heterocycles. The van der Waals surface area contributed by atoms with Crippen LogP contribution in [-0.4, -0.2) is 24.9 Å². The van der Waals surface area contributed by atoms with Crippen LogP contribution in [-0.2, 0) is 0 Å². The monoisotopic (exact) mass is 306 g/mol. The lowest BCUT2D eigenvalue weighted by molar-refractivity contribution is -0.384. The van der Waals surface area contributed by atoms with Gasteiger partial charge in [-0.15, -0.1) is 0 Å². The molecule has 3 rings (SSSR count). The van der Waals surface area contributed by atoms with E-state index in [0.717, 1.165) is 0 Å². The van der Waals surface area contributed by atoms with E-state index in [1.165, 1.54) is 24.5 Å². The van der Waals surface area contributed by atoms with Crippen molar-refractivity contribution in [2.75, 3.05) is 5.73 Å². The number of nitro groups is 1. The number of nitro benzene ring substituents is 1. The molecule has 106 valence electrons. The number of fused-ring (bicyclic) bond motifs is 1. The van der Waals surface area contributed by atoms with Gasteiger partial charge in [0.2, 0.25) is 5.95 Å². The zero-order valence-corrected chi connectivity index (χ0v) is 11.0. The first-order valence-electron chi connectivity index (χ1n) is 5.63. The smallest absolute Gasteiger partial charge is 0.273 e. The van der Waals surface area contributed by atoms with Crippen LogP contribution in [0, 0.1) is 10.1 Å². The molecule has 2 aromatic heterocycles. The Labute approximate surface area is 121 Å². The SMILES string of the molecule is Nc1nc(Oc2cc([N+](=O)[O-])ccc2Cl)c2[nH]cnc2n1. The highest BCUT2D eigenvalue weighted by Gasteiger charge is 2.15. The topological polar surface area (TPSA) is 133 Å². The zero-order chi connectivity index (χ0) is 15.0. The fourth-order valence-electron chi connectivity index (χ4n) is 1.68. The average molecular weight is 307 g/mol. The quantitative estimate of drug-likeness (QED) is 0.560. The fourth-order valence-corrected chi connectivity index (χ4v) is 1.84. The molecule has 0 saturated heterocycles. The van der Waals surface area contributed by atoms with Gasteiger partial charge in [-0.1, -0.05) is 11.6 Å². The third-order valence-corrected chi connectivity index (χ3v) is 2.91. The number of nitrogens with one attached hydrogen (secondary N) is 1. The number of hydrogen-bond donors (Lipinski definition) is 2. The lowest BCUT2D eigenvalue weighted by Crippen LogP contribution is -1.99. The number of non-ortho nitro benzene ring substituents is 1. The molecule has 0 amide bonds. The second-order valence-electron chi connectivity index (χ2n) is 3.96. The van der Waals surface area contributed by atoms with Crippen molar-refractivity contribution in [1.29, 1.82) is 0 Å². The van der Waals surface area contributed by atoms with E-state index < -0.39 is 4.92 Å². The number of hydrogen-bond acceptors (Lipinski definition) is 7. The van der Waals surface area contributed by atoms with E-state index in [9.17, 15) is 10.1 Å². The van der Waals surface area contributed by atoms with E-state index in [-0.39, 0.29) is 28.3 Å². The normalized spacial score (nSPS) is 10.7. The van der Waals surface area contributed by atoms with Crippen molar-refractivity contribution < 1.29 is 9.66 Å². The Morgan fingerprint density at radius 3 is 2.95 bits per heavy atom. The molecule has 1 aromatic carbocycles. The first-order chi connectivity index (χ1) is 10.0. The van der Waals surface area contributed by atoms with Crippen LogP contribution in [0.2, 0.25) is 5.02 Å². The Morgan fingerprint density at radius 1 is 1.38 bits per heavy atom. The molecule has 0 radical (unpaired) electrons. The van der Waals surface area contributed by atoms with Gasteiger partial charge in [-0.25, -0.2) is 4.98 Å². The van der Waals surface area contributed by atoms with E-state index in [4.69, 9.17) is 22.1 Å². The van der Waals surface area contributed by atoms with E-state index in [1.807, 2.05) is 0 Å². The summed E-state index contributed by atoms with van der Waals surface area (Å²) < 4.78 is 5.51. The number of nitrogens with two attached hydrogens (primary N) is 1. The predicted molar refractivity (Wildman–Crippen MR) is 74.3 cm³/mol. The van der Waals surface area contributed by atoms with Crippen molar-refractivity contribution in [3.8, 4) is 11.6 Å². The maximum absolute atomic E-state index is 10.8.